The van der Waals surface area contributed by atoms with E-state index in [2.05, 4.69) is 0 Å². The molecule has 1 N–H and O–H groups in total. The molecule has 0 aliphatic heterocycles. The molecule has 0 aromatic heterocycles. The van der Waals surface area contributed by atoms with Gasteiger partial charge in [0.25, 0.3) is 0 Å². The number of halogens is 2. The summed E-state index contributed by atoms with van der Waals surface area (Å²) in [5.74, 6) is -0.105. The van der Waals surface area contributed by atoms with Gasteiger partial charge in [-0.3, -0.25) is 4.79 Å². The predicted molar refractivity (Wildman–Crippen MR) is 78.8 cm³/mol. The number of rotatable bonds is 13. The van der Waals surface area contributed by atoms with E-state index in [-0.39, 0.29) is 0 Å². The van der Waals surface area contributed by atoms with E-state index in [1.165, 1.54) is 44.9 Å². The number of unbranched alkanes of at least 4 members (excludes halogenated alkanes) is 9. The van der Waals surface area contributed by atoms with Crippen LogP contribution in [0.15, 0.2) is 0 Å². The molecule has 0 radical (unpaired) electrons. The lowest BCUT2D eigenvalue weighted by Gasteiger charge is -2.04. The first-order valence-corrected chi connectivity index (χ1v) is 8.08. The molecule has 0 fully saturated rings. The molecule has 0 aliphatic rings. The van der Waals surface area contributed by atoms with Crippen LogP contribution in [0.4, 0.5) is 0 Å². The van der Waals surface area contributed by atoms with E-state index in [1.54, 1.807) is 0 Å². The summed E-state index contributed by atoms with van der Waals surface area (Å²) in [6.45, 7) is 0. The van der Waals surface area contributed by atoms with E-state index < -0.39 is 11.3 Å². The van der Waals surface area contributed by atoms with Crippen LogP contribution >= 0.6 is 23.2 Å². The summed E-state index contributed by atoms with van der Waals surface area (Å²) < 4.78 is 0. The normalized spacial score (nSPS) is 12.6. The van der Waals surface area contributed by atoms with E-state index in [9.17, 15) is 4.79 Å². The molecule has 18 heavy (non-hydrogen) atoms. The molecule has 0 rings (SSSR count). The highest BCUT2D eigenvalue weighted by Gasteiger charge is 2.11. The maximum absolute atomic E-state index is 10.5. The fourth-order valence-corrected chi connectivity index (χ4v) is 2.30. The Hall–Kier alpha value is 0.0500. The van der Waals surface area contributed by atoms with Crippen molar-refractivity contribution < 1.29 is 9.90 Å². The molecule has 0 saturated heterocycles. The maximum Gasteiger partial charge on any atom is 0.321 e. The van der Waals surface area contributed by atoms with Gasteiger partial charge in [0.15, 0.2) is 0 Å². The van der Waals surface area contributed by atoms with Crippen molar-refractivity contribution in [2.75, 3.05) is 5.88 Å². The van der Waals surface area contributed by atoms with Gasteiger partial charge in [0.2, 0.25) is 0 Å². The Morgan fingerprint density at radius 3 is 1.61 bits per heavy atom. The minimum Gasteiger partial charge on any atom is -0.480 e. The van der Waals surface area contributed by atoms with Crippen LogP contribution in [0.25, 0.3) is 0 Å². The van der Waals surface area contributed by atoms with Crippen molar-refractivity contribution in [3.8, 4) is 0 Å². The number of carbonyl (C=O) groups is 1. The summed E-state index contributed by atoms with van der Waals surface area (Å²) in [6, 6.07) is 0. The molecular weight excluding hydrogens is 271 g/mol. The summed E-state index contributed by atoms with van der Waals surface area (Å²) in [4.78, 5) is 10.5. The number of carboxylic acid groups (broad SMARTS) is 1. The van der Waals surface area contributed by atoms with Crippen molar-refractivity contribution >= 4 is 29.2 Å². The molecule has 0 aromatic rings. The lowest BCUT2D eigenvalue weighted by atomic mass is 10.1. The zero-order valence-corrected chi connectivity index (χ0v) is 12.7. The Bertz CT molecular complexity index is 198. The second-order valence-corrected chi connectivity index (χ2v) is 5.72. The van der Waals surface area contributed by atoms with E-state index in [1.807, 2.05) is 0 Å². The number of hydrogen-bond acceptors (Lipinski definition) is 1. The topological polar surface area (TPSA) is 37.3 Å². The number of aliphatic carboxylic acids is 1. The van der Waals surface area contributed by atoms with Gasteiger partial charge in [-0.25, -0.2) is 0 Å². The average Bonchev–Trinajstić information content (AvgIpc) is 2.35. The summed E-state index contributed by atoms with van der Waals surface area (Å²) in [6.07, 6.45) is 12.7. The molecule has 1 unspecified atom stereocenters. The highest BCUT2D eigenvalue weighted by Crippen LogP contribution is 2.13. The van der Waals surface area contributed by atoms with E-state index in [0.29, 0.717) is 6.42 Å². The molecule has 108 valence electrons. The van der Waals surface area contributed by atoms with Gasteiger partial charge in [-0.15, -0.1) is 23.2 Å². The van der Waals surface area contributed by atoms with Crippen LogP contribution in [0.3, 0.4) is 0 Å². The van der Waals surface area contributed by atoms with Crippen LogP contribution in [-0.4, -0.2) is 22.3 Å². The van der Waals surface area contributed by atoms with Crippen molar-refractivity contribution in [1.29, 1.82) is 0 Å². The molecule has 0 bridgehead atoms. The Morgan fingerprint density at radius 1 is 0.833 bits per heavy atom. The van der Waals surface area contributed by atoms with Gasteiger partial charge >= 0.3 is 5.97 Å². The van der Waals surface area contributed by atoms with Crippen molar-refractivity contribution in [2.45, 2.75) is 76.0 Å². The Kier molecular flexibility index (Phi) is 13.5. The van der Waals surface area contributed by atoms with Gasteiger partial charge in [-0.05, 0) is 12.8 Å². The fourth-order valence-electron chi connectivity index (χ4n) is 1.96. The predicted octanol–water partition coefficient (Wildman–Crippen LogP) is 5.21. The zero-order chi connectivity index (χ0) is 13.6. The Morgan fingerprint density at radius 2 is 1.22 bits per heavy atom. The summed E-state index contributed by atoms with van der Waals surface area (Å²) >= 11 is 11.2. The van der Waals surface area contributed by atoms with Gasteiger partial charge in [-0.2, -0.15) is 0 Å². The molecule has 1 atom stereocenters. The molecular formula is C14H26Cl2O2. The third-order valence-electron chi connectivity index (χ3n) is 3.11. The minimum atomic E-state index is -0.895. The van der Waals surface area contributed by atoms with Crippen molar-refractivity contribution in [2.24, 2.45) is 0 Å². The quantitative estimate of drug-likeness (QED) is 0.374. The molecule has 0 heterocycles. The lowest BCUT2D eigenvalue weighted by molar-refractivity contribution is -0.136. The van der Waals surface area contributed by atoms with Gasteiger partial charge in [0.05, 0.1) is 0 Å². The largest absolute Gasteiger partial charge is 0.480 e. The lowest BCUT2D eigenvalue weighted by Crippen LogP contribution is -2.12. The first-order valence-electron chi connectivity index (χ1n) is 7.11. The minimum absolute atomic E-state index is 0.593. The van der Waals surface area contributed by atoms with Crippen LogP contribution in [0, 0.1) is 0 Å². The first kappa shape index (κ1) is 18.0. The standard InChI is InChI=1S/C14H26Cl2O2/c15-12-10-8-6-4-2-1-3-5-7-9-11-13(16)14(17)18/h13H,1-12H2,(H,17,18). The molecule has 2 nitrogen and oxygen atoms in total. The van der Waals surface area contributed by atoms with Crippen LogP contribution in [0.1, 0.15) is 70.6 Å². The molecule has 0 amide bonds. The van der Waals surface area contributed by atoms with Crippen LogP contribution in [0.2, 0.25) is 0 Å². The van der Waals surface area contributed by atoms with Gasteiger partial charge in [0, 0.05) is 5.88 Å². The number of hydrogen-bond donors (Lipinski definition) is 1. The number of carboxylic acids is 1. The third-order valence-corrected chi connectivity index (χ3v) is 3.78. The van der Waals surface area contributed by atoms with E-state index in [4.69, 9.17) is 28.3 Å². The summed E-state index contributed by atoms with van der Waals surface area (Å²) in [5.41, 5.74) is 0. The highest BCUT2D eigenvalue weighted by molar-refractivity contribution is 6.29. The molecule has 4 heteroatoms. The van der Waals surface area contributed by atoms with Crippen molar-refractivity contribution in [3.63, 3.8) is 0 Å². The van der Waals surface area contributed by atoms with Crippen molar-refractivity contribution in [1.82, 2.24) is 0 Å². The molecule has 0 aliphatic carbocycles. The van der Waals surface area contributed by atoms with Gasteiger partial charge < -0.3 is 5.11 Å². The molecule has 0 aromatic carbocycles. The fraction of sp³-hybridized carbons (Fsp3) is 0.929. The molecule has 0 saturated carbocycles. The Balaban J connectivity index is 3.05. The Labute approximate surface area is 121 Å². The van der Waals surface area contributed by atoms with Crippen LogP contribution in [-0.2, 0) is 4.79 Å². The second kappa shape index (κ2) is 13.5. The average molecular weight is 297 g/mol. The monoisotopic (exact) mass is 296 g/mol. The van der Waals surface area contributed by atoms with Crippen molar-refractivity contribution in [3.05, 3.63) is 0 Å². The SMILES string of the molecule is O=C(O)C(Cl)CCCCCCCCCCCCCl. The van der Waals surface area contributed by atoms with E-state index in [0.717, 1.165) is 25.1 Å². The van der Waals surface area contributed by atoms with Crippen LogP contribution in [0.5, 0.6) is 0 Å². The summed E-state index contributed by atoms with van der Waals surface area (Å²) in [5, 5.41) is 7.90. The van der Waals surface area contributed by atoms with E-state index >= 15 is 0 Å². The maximum atomic E-state index is 10.5. The highest BCUT2D eigenvalue weighted by atomic mass is 35.5. The first-order chi connectivity index (χ1) is 8.68. The van der Waals surface area contributed by atoms with Gasteiger partial charge in [0.1, 0.15) is 5.38 Å². The second-order valence-electron chi connectivity index (χ2n) is 4.82. The smallest absolute Gasteiger partial charge is 0.321 e. The summed E-state index contributed by atoms with van der Waals surface area (Å²) in [7, 11) is 0. The van der Waals surface area contributed by atoms with Gasteiger partial charge in [-0.1, -0.05) is 57.8 Å². The van der Waals surface area contributed by atoms with Crippen LogP contribution < -0.4 is 0 Å². The molecule has 0 spiro atoms. The third kappa shape index (κ3) is 12.5. The zero-order valence-electron chi connectivity index (χ0n) is 11.2. The number of alkyl halides is 2.